The molecule has 0 unspecified atom stereocenters. The third-order valence-corrected chi connectivity index (χ3v) is 1.77. The summed E-state index contributed by atoms with van der Waals surface area (Å²) in [5.74, 6) is -0.138. The summed E-state index contributed by atoms with van der Waals surface area (Å²) in [4.78, 5) is 11.0. The molecule has 4 nitrogen and oxygen atoms in total. The van der Waals surface area contributed by atoms with Crippen LogP contribution in [0.4, 0.5) is 0 Å². The minimum Gasteiger partial charge on any atom is -0.395 e. The van der Waals surface area contributed by atoms with Crippen molar-refractivity contribution >= 4 is 5.91 Å². The zero-order chi connectivity index (χ0) is 7.61. The minimum atomic E-state index is -0.644. The molecule has 10 heavy (non-hydrogen) atoms. The Labute approximate surface area is 59.2 Å². The number of carbonyl (C=O) groups excluding carboxylic acids is 1. The summed E-state index contributed by atoms with van der Waals surface area (Å²) in [6.45, 7) is 0.541. The number of amides is 1. The van der Waals surface area contributed by atoms with Gasteiger partial charge in [-0.2, -0.15) is 0 Å². The lowest BCUT2D eigenvalue weighted by atomic mass is 9.86. The molecule has 1 fully saturated rings. The first-order valence-electron chi connectivity index (χ1n) is 3.16. The second-order valence-electron chi connectivity index (χ2n) is 2.51. The summed E-state index contributed by atoms with van der Waals surface area (Å²) in [7, 11) is 1.55. The topological polar surface area (TPSA) is 58.6 Å². The third kappa shape index (κ3) is 0.892. The normalized spacial score (nSPS) is 21.4. The molecule has 0 aromatic heterocycles. The lowest BCUT2D eigenvalue weighted by Gasteiger charge is -2.37. The Morgan fingerprint density at radius 3 is 2.50 bits per heavy atom. The first-order chi connectivity index (χ1) is 4.75. The van der Waals surface area contributed by atoms with E-state index in [2.05, 4.69) is 5.32 Å². The number of ether oxygens (including phenoxy) is 1. The fraction of sp³-hybridized carbons (Fsp3) is 0.833. The standard InChI is InChI=1S/C6H11NO3/c1-7-5(9)6(2-8)3-10-4-6/h8H,2-4H2,1H3,(H,7,9). The van der Waals surface area contributed by atoms with Crippen LogP contribution in [-0.2, 0) is 9.53 Å². The summed E-state index contributed by atoms with van der Waals surface area (Å²) < 4.78 is 4.83. The molecular formula is C6H11NO3. The van der Waals surface area contributed by atoms with Crippen molar-refractivity contribution in [3.8, 4) is 0 Å². The van der Waals surface area contributed by atoms with Crippen LogP contribution >= 0.6 is 0 Å². The number of aliphatic hydroxyl groups is 1. The van der Waals surface area contributed by atoms with Crippen molar-refractivity contribution in [3.63, 3.8) is 0 Å². The van der Waals surface area contributed by atoms with Gasteiger partial charge >= 0.3 is 0 Å². The highest BCUT2D eigenvalue weighted by Gasteiger charge is 2.44. The Morgan fingerprint density at radius 1 is 1.80 bits per heavy atom. The van der Waals surface area contributed by atoms with Crippen LogP contribution in [0, 0.1) is 5.41 Å². The number of aliphatic hydroxyl groups excluding tert-OH is 1. The highest BCUT2D eigenvalue weighted by Crippen LogP contribution is 2.26. The van der Waals surface area contributed by atoms with Gasteiger partial charge in [0.2, 0.25) is 5.91 Å². The van der Waals surface area contributed by atoms with Gasteiger partial charge in [-0.25, -0.2) is 0 Å². The monoisotopic (exact) mass is 145 g/mol. The fourth-order valence-electron chi connectivity index (χ4n) is 0.908. The number of rotatable bonds is 2. The highest BCUT2D eigenvalue weighted by molar-refractivity contribution is 5.83. The summed E-state index contributed by atoms with van der Waals surface area (Å²) in [6.07, 6.45) is 0. The van der Waals surface area contributed by atoms with E-state index in [1.807, 2.05) is 0 Å². The van der Waals surface area contributed by atoms with E-state index < -0.39 is 5.41 Å². The van der Waals surface area contributed by atoms with Crippen LogP contribution in [0.15, 0.2) is 0 Å². The third-order valence-electron chi connectivity index (χ3n) is 1.77. The number of hydrogen-bond donors (Lipinski definition) is 2. The van der Waals surface area contributed by atoms with E-state index in [1.54, 1.807) is 7.05 Å². The maximum absolute atomic E-state index is 11.0. The van der Waals surface area contributed by atoms with Crippen molar-refractivity contribution in [2.24, 2.45) is 5.41 Å². The second kappa shape index (κ2) is 2.56. The molecular weight excluding hydrogens is 134 g/mol. The van der Waals surface area contributed by atoms with E-state index in [9.17, 15) is 4.79 Å². The van der Waals surface area contributed by atoms with Gasteiger partial charge in [-0.05, 0) is 0 Å². The lowest BCUT2D eigenvalue weighted by Crippen LogP contribution is -2.55. The summed E-state index contributed by atoms with van der Waals surface area (Å²) in [5.41, 5.74) is -0.644. The van der Waals surface area contributed by atoms with Gasteiger partial charge < -0.3 is 15.2 Å². The average Bonchev–Trinajstić information content (AvgIpc) is 1.86. The molecule has 58 valence electrons. The quantitative estimate of drug-likeness (QED) is 0.510. The van der Waals surface area contributed by atoms with Gasteiger partial charge in [-0.1, -0.05) is 0 Å². The van der Waals surface area contributed by atoms with Crippen molar-refractivity contribution in [2.45, 2.75) is 0 Å². The number of nitrogens with one attached hydrogen (secondary N) is 1. The maximum atomic E-state index is 11.0. The van der Waals surface area contributed by atoms with E-state index in [-0.39, 0.29) is 12.5 Å². The van der Waals surface area contributed by atoms with Crippen LogP contribution in [0.2, 0.25) is 0 Å². The summed E-state index contributed by atoms with van der Waals surface area (Å²) in [6, 6.07) is 0. The van der Waals surface area contributed by atoms with E-state index in [1.165, 1.54) is 0 Å². The second-order valence-corrected chi connectivity index (χ2v) is 2.51. The lowest BCUT2D eigenvalue weighted by molar-refractivity contribution is -0.169. The van der Waals surface area contributed by atoms with Crippen molar-refractivity contribution < 1.29 is 14.6 Å². The largest absolute Gasteiger partial charge is 0.395 e. The van der Waals surface area contributed by atoms with Gasteiger partial charge in [0.15, 0.2) is 0 Å². The van der Waals surface area contributed by atoms with Crippen LogP contribution in [0.1, 0.15) is 0 Å². The van der Waals surface area contributed by atoms with Gasteiger partial charge in [0.1, 0.15) is 5.41 Å². The predicted molar refractivity (Wildman–Crippen MR) is 34.4 cm³/mol. The maximum Gasteiger partial charge on any atom is 0.233 e. The van der Waals surface area contributed by atoms with E-state index >= 15 is 0 Å². The molecule has 0 radical (unpaired) electrons. The van der Waals surface area contributed by atoms with Crippen LogP contribution in [-0.4, -0.2) is 37.9 Å². The molecule has 1 rings (SSSR count). The molecule has 0 bridgehead atoms. The zero-order valence-electron chi connectivity index (χ0n) is 5.89. The van der Waals surface area contributed by atoms with Gasteiger partial charge in [-0.15, -0.1) is 0 Å². The first-order valence-corrected chi connectivity index (χ1v) is 3.16. The molecule has 1 saturated heterocycles. The smallest absolute Gasteiger partial charge is 0.233 e. The average molecular weight is 145 g/mol. The van der Waals surface area contributed by atoms with Crippen molar-refractivity contribution in [3.05, 3.63) is 0 Å². The Hall–Kier alpha value is -0.610. The molecule has 0 aliphatic carbocycles. The SMILES string of the molecule is CNC(=O)C1(CO)COC1. The van der Waals surface area contributed by atoms with Gasteiger partial charge in [0, 0.05) is 7.05 Å². The minimum absolute atomic E-state index is 0.132. The van der Waals surface area contributed by atoms with Crippen molar-refractivity contribution in [1.29, 1.82) is 0 Å². The molecule has 1 aliphatic rings. The number of carbonyl (C=O) groups is 1. The Morgan fingerprint density at radius 2 is 2.40 bits per heavy atom. The van der Waals surface area contributed by atoms with Gasteiger partial charge in [0.05, 0.1) is 19.8 Å². The fourth-order valence-corrected chi connectivity index (χ4v) is 0.908. The first kappa shape index (κ1) is 7.50. The van der Waals surface area contributed by atoms with Crippen LogP contribution in [0.25, 0.3) is 0 Å². The molecule has 0 aromatic rings. The molecule has 2 N–H and O–H groups in total. The van der Waals surface area contributed by atoms with E-state index in [0.29, 0.717) is 13.2 Å². The molecule has 0 aromatic carbocycles. The van der Waals surface area contributed by atoms with E-state index in [0.717, 1.165) is 0 Å². The van der Waals surface area contributed by atoms with Crippen LogP contribution in [0.3, 0.4) is 0 Å². The Bertz CT molecular complexity index is 136. The van der Waals surface area contributed by atoms with Crippen molar-refractivity contribution in [2.75, 3.05) is 26.9 Å². The van der Waals surface area contributed by atoms with E-state index in [4.69, 9.17) is 9.84 Å². The summed E-state index contributed by atoms with van der Waals surface area (Å²) in [5, 5.41) is 11.3. The molecule has 4 heteroatoms. The number of hydrogen-bond acceptors (Lipinski definition) is 3. The molecule has 1 heterocycles. The Balaban J connectivity index is 2.55. The zero-order valence-corrected chi connectivity index (χ0v) is 5.89. The predicted octanol–water partition coefficient (Wildman–Crippen LogP) is -1.26. The Kier molecular flexibility index (Phi) is 1.92. The molecule has 0 saturated carbocycles. The summed E-state index contributed by atoms with van der Waals surface area (Å²) >= 11 is 0. The van der Waals surface area contributed by atoms with Gasteiger partial charge in [0.25, 0.3) is 0 Å². The molecule has 0 spiro atoms. The highest BCUT2D eigenvalue weighted by atomic mass is 16.5. The van der Waals surface area contributed by atoms with Crippen LogP contribution in [0.5, 0.6) is 0 Å². The van der Waals surface area contributed by atoms with Crippen LogP contribution < -0.4 is 5.32 Å². The molecule has 1 aliphatic heterocycles. The molecule has 0 atom stereocenters. The van der Waals surface area contributed by atoms with Crippen molar-refractivity contribution in [1.82, 2.24) is 5.32 Å². The molecule has 1 amide bonds. The van der Waals surface area contributed by atoms with Gasteiger partial charge in [-0.3, -0.25) is 4.79 Å².